The molecule has 4 nitrogen and oxygen atoms in total. The van der Waals surface area contributed by atoms with Crippen LogP contribution in [-0.2, 0) is 9.84 Å². The SMILES string of the molecule is N#C/C(=C1/CCCCN1)S(=O)(=O)c1cc(Cl)ccc1F. The highest BCUT2D eigenvalue weighted by Gasteiger charge is 2.28. The van der Waals surface area contributed by atoms with Crippen molar-refractivity contribution >= 4 is 21.4 Å². The largest absolute Gasteiger partial charge is 0.387 e. The van der Waals surface area contributed by atoms with Crippen LogP contribution in [0.5, 0.6) is 0 Å². The van der Waals surface area contributed by atoms with Gasteiger partial charge in [-0.1, -0.05) is 11.6 Å². The molecule has 0 amide bonds. The summed E-state index contributed by atoms with van der Waals surface area (Å²) in [4.78, 5) is -1.00. The molecule has 0 bridgehead atoms. The first kappa shape index (κ1) is 14.8. The lowest BCUT2D eigenvalue weighted by Gasteiger charge is -2.18. The van der Waals surface area contributed by atoms with E-state index >= 15 is 0 Å². The molecule has 1 aromatic rings. The lowest BCUT2D eigenvalue weighted by Crippen LogP contribution is -2.23. The van der Waals surface area contributed by atoms with Gasteiger partial charge in [0, 0.05) is 17.3 Å². The maximum absolute atomic E-state index is 13.7. The summed E-state index contributed by atoms with van der Waals surface area (Å²) in [6.07, 6.45) is 2.17. The van der Waals surface area contributed by atoms with Crippen LogP contribution in [0.15, 0.2) is 33.7 Å². The molecule has 0 aliphatic carbocycles. The topological polar surface area (TPSA) is 70.0 Å². The average molecular weight is 315 g/mol. The second-order valence-corrected chi connectivity index (χ2v) is 6.67. The molecule has 106 valence electrons. The monoisotopic (exact) mass is 314 g/mol. The molecule has 7 heteroatoms. The fourth-order valence-electron chi connectivity index (χ4n) is 2.03. The maximum Gasteiger partial charge on any atom is 0.221 e. The number of sulfone groups is 1. The van der Waals surface area contributed by atoms with Crippen molar-refractivity contribution in [2.24, 2.45) is 0 Å². The molecule has 0 saturated carbocycles. The fourth-order valence-corrected chi connectivity index (χ4v) is 3.71. The Kier molecular flexibility index (Phi) is 4.31. The number of hydrogen-bond acceptors (Lipinski definition) is 4. The lowest BCUT2D eigenvalue weighted by atomic mass is 10.1. The van der Waals surface area contributed by atoms with Crippen molar-refractivity contribution in [3.05, 3.63) is 39.6 Å². The Morgan fingerprint density at radius 3 is 2.75 bits per heavy atom. The van der Waals surface area contributed by atoms with Gasteiger partial charge in [0.25, 0.3) is 0 Å². The van der Waals surface area contributed by atoms with Crippen LogP contribution >= 0.6 is 11.6 Å². The summed E-state index contributed by atoms with van der Waals surface area (Å²) in [5.74, 6) is -0.918. The van der Waals surface area contributed by atoms with Gasteiger partial charge in [-0.25, -0.2) is 12.8 Å². The van der Waals surface area contributed by atoms with Crippen LogP contribution in [-0.4, -0.2) is 15.0 Å². The number of piperidine rings is 1. The van der Waals surface area contributed by atoms with Gasteiger partial charge >= 0.3 is 0 Å². The van der Waals surface area contributed by atoms with Gasteiger partial charge in [-0.15, -0.1) is 0 Å². The highest BCUT2D eigenvalue weighted by atomic mass is 35.5. The zero-order valence-corrected chi connectivity index (χ0v) is 12.1. The first-order valence-corrected chi connectivity index (χ1v) is 7.90. The van der Waals surface area contributed by atoms with Crippen LogP contribution < -0.4 is 5.32 Å². The van der Waals surface area contributed by atoms with Crippen LogP contribution in [0.2, 0.25) is 5.02 Å². The zero-order chi connectivity index (χ0) is 14.8. The van der Waals surface area contributed by atoms with Crippen molar-refractivity contribution in [1.82, 2.24) is 5.32 Å². The fraction of sp³-hybridized carbons (Fsp3) is 0.308. The molecule has 1 N–H and O–H groups in total. The molecule has 1 aromatic carbocycles. The molecule has 1 aliphatic heterocycles. The Hall–Kier alpha value is -1.58. The molecule has 0 radical (unpaired) electrons. The number of nitrogens with zero attached hydrogens (tertiary/aromatic N) is 1. The molecule has 2 rings (SSSR count). The van der Waals surface area contributed by atoms with Gasteiger partial charge in [-0.05, 0) is 37.5 Å². The van der Waals surface area contributed by atoms with Crippen LogP contribution in [0.4, 0.5) is 4.39 Å². The van der Waals surface area contributed by atoms with E-state index in [-0.39, 0.29) is 5.02 Å². The minimum Gasteiger partial charge on any atom is -0.387 e. The summed E-state index contributed by atoms with van der Waals surface area (Å²) in [7, 11) is -4.21. The van der Waals surface area contributed by atoms with Crippen molar-refractivity contribution in [3.63, 3.8) is 0 Å². The van der Waals surface area contributed by atoms with Crippen LogP contribution in [0, 0.1) is 17.1 Å². The molecule has 0 aromatic heterocycles. The summed E-state index contributed by atoms with van der Waals surface area (Å²) in [5, 5.41) is 12.2. The Labute approximate surface area is 121 Å². The number of halogens is 2. The minimum atomic E-state index is -4.21. The first-order valence-electron chi connectivity index (χ1n) is 6.04. The van der Waals surface area contributed by atoms with Gasteiger partial charge in [-0.3, -0.25) is 0 Å². The normalized spacial score (nSPS) is 18.1. The first-order chi connectivity index (χ1) is 9.46. The minimum absolute atomic E-state index is 0.101. The Bertz CT molecular complexity index is 700. The van der Waals surface area contributed by atoms with E-state index in [4.69, 9.17) is 16.9 Å². The van der Waals surface area contributed by atoms with Gasteiger partial charge in [-0.2, -0.15) is 5.26 Å². The van der Waals surface area contributed by atoms with E-state index < -0.39 is 25.5 Å². The quantitative estimate of drug-likeness (QED) is 0.852. The van der Waals surface area contributed by atoms with Gasteiger partial charge in [0.2, 0.25) is 9.84 Å². The van der Waals surface area contributed by atoms with Crippen LogP contribution in [0.1, 0.15) is 19.3 Å². The van der Waals surface area contributed by atoms with Gasteiger partial charge in [0.1, 0.15) is 16.8 Å². The summed E-state index contributed by atoms with van der Waals surface area (Å²) in [5.41, 5.74) is 0.345. The molecule has 1 heterocycles. The van der Waals surface area contributed by atoms with E-state index in [1.807, 2.05) is 0 Å². The highest BCUT2D eigenvalue weighted by molar-refractivity contribution is 7.95. The van der Waals surface area contributed by atoms with Crippen molar-refractivity contribution in [1.29, 1.82) is 5.26 Å². The standard InChI is InChI=1S/C13H12ClFN2O2S/c14-9-4-5-10(15)12(7-9)20(18,19)13(8-16)11-3-1-2-6-17-11/h4-5,7,17H,1-3,6H2/b13-11+. The Morgan fingerprint density at radius 1 is 1.40 bits per heavy atom. The molecule has 0 unspecified atom stereocenters. The van der Waals surface area contributed by atoms with Crippen molar-refractivity contribution in [2.45, 2.75) is 24.2 Å². The second-order valence-electron chi connectivity index (χ2n) is 4.38. The van der Waals surface area contributed by atoms with Crippen LogP contribution in [0.25, 0.3) is 0 Å². The lowest BCUT2D eigenvalue weighted by molar-refractivity contribution is 0.565. The molecule has 1 fully saturated rings. The molecule has 0 atom stereocenters. The van der Waals surface area contributed by atoms with Gasteiger partial charge in [0.15, 0.2) is 4.91 Å². The Balaban J connectivity index is 2.59. The third kappa shape index (κ3) is 2.79. The number of allylic oxidation sites excluding steroid dienone is 2. The molecule has 1 saturated heterocycles. The summed E-state index contributed by atoms with van der Waals surface area (Å²) < 4.78 is 38.6. The number of nitriles is 1. The predicted octanol–water partition coefficient (Wildman–Crippen LogP) is 2.76. The van der Waals surface area contributed by atoms with E-state index in [0.29, 0.717) is 18.7 Å². The van der Waals surface area contributed by atoms with E-state index in [0.717, 1.165) is 25.0 Å². The average Bonchev–Trinajstić information content (AvgIpc) is 2.43. The Morgan fingerprint density at radius 2 is 2.15 bits per heavy atom. The number of nitrogens with one attached hydrogen (secondary N) is 1. The van der Waals surface area contributed by atoms with E-state index in [1.54, 1.807) is 6.07 Å². The third-order valence-electron chi connectivity index (χ3n) is 3.02. The predicted molar refractivity (Wildman–Crippen MR) is 73.1 cm³/mol. The zero-order valence-electron chi connectivity index (χ0n) is 10.5. The van der Waals surface area contributed by atoms with E-state index in [2.05, 4.69) is 5.32 Å². The number of hydrogen-bond donors (Lipinski definition) is 1. The molecule has 0 spiro atoms. The van der Waals surface area contributed by atoms with E-state index in [9.17, 15) is 12.8 Å². The molecular weight excluding hydrogens is 303 g/mol. The van der Waals surface area contributed by atoms with Crippen molar-refractivity contribution in [2.75, 3.05) is 6.54 Å². The number of benzene rings is 1. The summed E-state index contributed by atoms with van der Waals surface area (Å²) in [6, 6.07) is 4.93. The smallest absolute Gasteiger partial charge is 0.221 e. The third-order valence-corrected chi connectivity index (χ3v) is 5.02. The van der Waals surface area contributed by atoms with Gasteiger partial charge in [0.05, 0.1) is 0 Å². The number of rotatable bonds is 2. The van der Waals surface area contributed by atoms with Crippen LogP contribution in [0.3, 0.4) is 0 Å². The van der Waals surface area contributed by atoms with Gasteiger partial charge < -0.3 is 5.32 Å². The molecule has 1 aliphatic rings. The highest BCUT2D eigenvalue weighted by Crippen LogP contribution is 2.28. The second kappa shape index (κ2) is 5.81. The molecular formula is C13H12ClFN2O2S. The maximum atomic E-state index is 13.7. The summed E-state index contributed by atoms with van der Waals surface area (Å²) >= 11 is 5.71. The molecule has 20 heavy (non-hydrogen) atoms. The van der Waals surface area contributed by atoms with Crippen molar-refractivity contribution in [3.8, 4) is 6.07 Å². The van der Waals surface area contributed by atoms with Crippen molar-refractivity contribution < 1.29 is 12.8 Å². The summed E-state index contributed by atoms with van der Waals surface area (Å²) in [6.45, 7) is 0.605. The van der Waals surface area contributed by atoms with E-state index in [1.165, 1.54) is 6.07 Å².